The molecule has 3 rings (SSSR count). The number of aromatic nitrogens is 1. The number of hydrogen-bond acceptors (Lipinski definition) is 6. The molecule has 1 aromatic heterocycles. The largest absolute Gasteiger partial charge is 0.445 e. The molecule has 0 radical (unpaired) electrons. The average Bonchev–Trinajstić information content (AvgIpc) is 2.93. The number of amides is 3. The van der Waals surface area contributed by atoms with E-state index in [1.54, 1.807) is 19.2 Å². The summed E-state index contributed by atoms with van der Waals surface area (Å²) in [5.74, 6) is -0.685. The molecule has 0 saturated heterocycles. The first-order valence-electron chi connectivity index (χ1n) is 12.2. The molecule has 3 amide bonds. The van der Waals surface area contributed by atoms with E-state index in [2.05, 4.69) is 20.9 Å². The Morgan fingerprint density at radius 2 is 1.46 bits per heavy atom. The molecule has 9 nitrogen and oxygen atoms in total. The predicted octanol–water partition coefficient (Wildman–Crippen LogP) is 3.43. The van der Waals surface area contributed by atoms with Gasteiger partial charge in [0.2, 0.25) is 11.8 Å². The van der Waals surface area contributed by atoms with Gasteiger partial charge in [0.05, 0.1) is 18.3 Å². The molecule has 2 unspecified atom stereocenters. The van der Waals surface area contributed by atoms with E-state index in [0.717, 1.165) is 16.7 Å². The van der Waals surface area contributed by atoms with Crippen molar-refractivity contribution in [2.24, 2.45) is 5.73 Å². The maximum absolute atomic E-state index is 12.4. The molecule has 2 aromatic carbocycles. The van der Waals surface area contributed by atoms with E-state index in [-0.39, 0.29) is 56.3 Å². The van der Waals surface area contributed by atoms with Gasteiger partial charge in [0.15, 0.2) is 0 Å². The number of carbonyl (C=O) groups is 3. The molecular formula is C28H35Cl2N5O4. The van der Waals surface area contributed by atoms with Gasteiger partial charge >= 0.3 is 6.09 Å². The summed E-state index contributed by atoms with van der Waals surface area (Å²) < 4.78 is 5.17. The zero-order valence-electron chi connectivity index (χ0n) is 21.7. The van der Waals surface area contributed by atoms with Crippen molar-refractivity contribution in [3.63, 3.8) is 0 Å². The molecule has 3 aromatic rings. The molecule has 0 bridgehead atoms. The summed E-state index contributed by atoms with van der Waals surface area (Å²) in [5.41, 5.74) is 9.43. The van der Waals surface area contributed by atoms with Gasteiger partial charge < -0.3 is 26.4 Å². The van der Waals surface area contributed by atoms with Crippen LogP contribution in [0.15, 0.2) is 79.0 Å². The van der Waals surface area contributed by atoms with Crippen LogP contribution in [-0.4, -0.2) is 35.0 Å². The van der Waals surface area contributed by atoms with Crippen LogP contribution < -0.4 is 21.7 Å². The van der Waals surface area contributed by atoms with Gasteiger partial charge in [-0.1, -0.05) is 66.7 Å². The van der Waals surface area contributed by atoms with E-state index in [9.17, 15) is 14.4 Å². The molecule has 11 heteroatoms. The van der Waals surface area contributed by atoms with Gasteiger partial charge in [0, 0.05) is 12.7 Å². The average molecular weight is 577 g/mol. The third kappa shape index (κ3) is 12.2. The van der Waals surface area contributed by atoms with Crippen molar-refractivity contribution in [1.29, 1.82) is 0 Å². The third-order valence-corrected chi connectivity index (χ3v) is 5.65. The number of alkyl carbamates (subject to hydrolysis) is 1. The Labute approximate surface area is 241 Å². The van der Waals surface area contributed by atoms with Crippen LogP contribution in [0.25, 0.3) is 0 Å². The lowest BCUT2D eigenvalue weighted by Gasteiger charge is -2.17. The number of ether oxygens (including phenoxy) is 1. The van der Waals surface area contributed by atoms with Crippen molar-refractivity contribution in [3.05, 3.63) is 101 Å². The van der Waals surface area contributed by atoms with E-state index >= 15 is 0 Å². The molecule has 39 heavy (non-hydrogen) atoms. The summed E-state index contributed by atoms with van der Waals surface area (Å²) in [4.78, 5) is 40.9. The monoisotopic (exact) mass is 575 g/mol. The first kappa shape index (κ1) is 33.4. The van der Waals surface area contributed by atoms with E-state index < -0.39 is 18.2 Å². The quantitative estimate of drug-likeness (QED) is 0.261. The lowest BCUT2D eigenvalue weighted by atomic mass is 10.1. The fourth-order valence-electron chi connectivity index (χ4n) is 3.43. The van der Waals surface area contributed by atoms with E-state index in [0.29, 0.717) is 18.5 Å². The topological polar surface area (TPSA) is 135 Å². The second-order valence-corrected chi connectivity index (χ2v) is 8.65. The molecule has 0 spiro atoms. The molecule has 0 fully saturated rings. The minimum Gasteiger partial charge on any atom is -0.445 e. The second-order valence-electron chi connectivity index (χ2n) is 8.65. The zero-order chi connectivity index (χ0) is 26.5. The molecular weight excluding hydrogens is 541 g/mol. The predicted molar refractivity (Wildman–Crippen MR) is 154 cm³/mol. The lowest BCUT2D eigenvalue weighted by molar-refractivity contribution is -0.129. The Hall–Kier alpha value is -3.66. The van der Waals surface area contributed by atoms with Crippen LogP contribution in [0.1, 0.15) is 35.7 Å². The highest BCUT2D eigenvalue weighted by Crippen LogP contribution is 2.05. The van der Waals surface area contributed by atoms with E-state index in [4.69, 9.17) is 10.5 Å². The van der Waals surface area contributed by atoms with Crippen LogP contribution in [0.2, 0.25) is 0 Å². The highest BCUT2D eigenvalue weighted by atomic mass is 35.5. The zero-order valence-corrected chi connectivity index (χ0v) is 23.3. The molecule has 5 N–H and O–H groups in total. The minimum absolute atomic E-state index is 0. The van der Waals surface area contributed by atoms with E-state index in [1.807, 2.05) is 66.7 Å². The number of rotatable bonds is 12. The number of nitrogens with one attached hydrogen (secondary N) is 3. The molecule has 0 aliphatic rings. The van der Waals surface area contributed by atoms with Gasteiger partial charge in [-0.2, -0.15) is 0 Å². The van der Waals surface area contributed by atoms with Crippen LogP contribution in [0.4, 0.5) is 4.79 Å². The van der Waals surface area contributed by atoms with Crippen LogP contribution in [0.5, 0.6) is 0 Å². The summed E-state index contributed by atoms with van der Waals surface area (Å²) in [6, 6.07) is 21.3. The third-order valence-electron chi connectivity index (χ3n) is 5.65. The van der Waals surface area contributed by atoms with Gasteiger partial charge in [-0.3, -0.25) is 14.6 Å². The highest BCUT2D eigenvalue weighted by Gasteiger charge is 2.20. The summed E-state index contributed by atoms with van der Waals surface area (Å²) >= 11 is 0. The number of nitrogens with zero attached hydrogens (tertiary/aromatic N) is 1. The lowest BCUT2D eigenvalue weighted by Crippen LogP contribution is -2.50. The molecule has 0 saturated carbocycles. The minimum atomic E-state index is -0.728. The van der Waals surface area contributed by atoms with Crippen molar-refractivity contribution >= 4 is 42.7 Å². The van der Waals surface area contributed by atoms with Crippen LogP contribution in [0.3, 0.4) is 0 Å². The molecule has 2 atom stereocenters. The SMILES string of the molecule is CC(NC(=O)C(N)CCc1ccccc1)C(=O)NCc1ccc(CNC(=O)OCc2ccccc2)nc1.Cl.Cl. The number of pyridine rings is 1. The van der Waals surface area contributed by atoms with Gasteiger partial charge in [-0.25, -0.2) is 4.79 Å². The highest BCUT2D eigenvalue weighted by molar-refractivity contribution is 5.89. The smallest absolute Gasteiger partial charge is 0.407 e. The molecule has 210 valence electrons. The molecule has 1 heterocycles. The summed E-state index contributed by atoms with van der Waals surface area (Å²) in [5, 5.41) is 8.10. The summed E-state index contributed by atoms with van der Waals surface area (Å²) in [7, 11) is 0. The van der Waals surface area contributed by atoms with Gasteiger partial charge in [0.25, 0.3) is 0 Å². The van der Waals surface area contributed by atoms with Crippen molar-refractivity contribution < 1.29 is 19.1 Å². The van der Waals surface area contributed by atoms with Gasteiger partial charge in [0.1, 0.15) is 12.6 Å². The molecule has 0 aliphatic heterocycles. The Morgan fingerprint density at radius 1 is 0.821 bits per heavy atom. The van der Waals surface area contributed by atoms with E-state index in [1.165, 1.54) is 0 Å². The Bertz CT molecular complexity index is 1150. The van der Waals surface area contributed by atoms with Crippen molar-refractivity contribution in [1.82, 2.24) is 20.9 Å². The Kier molecular flexibility index (Phi) is 15.2. The van der Waals surface area contributed by atoms with Gasteiger partial charge in [-0.15, -0.1) is 24.8 Å². The second kappa shape index (κ2) is 17.8. The molecule has 0 aliphatic carbocycles. The normalized spacial score (nSPS) is 11.5. The number of benzene rings is 2. The van der Waals surface area contributed by atoms with Crippen LogP contribution in [-0.2, 0) is 40.4 Å². The number of halogens is 2. The standard InChI is InChI=1S/C28H33N5O4.2ClH/c1-20(33-27(35)25(29)15-13-21-8-4-2-5-9-21)26(34)31-17-23-12-14-24(30-16-23)18-32-28(36)37-19-22-10-6-3-7-11-22;;/h2-12,14,16,20,25H,13,15,17-19,29H2,1H3,(H,31,34)(H,32,36)(H,33,35);2*1H. The Balaban J connectivity index is 0.00000380. The Morgan fingerprint density at radius 3 is 2.08 bits per heavy atom. The van der Waals surface area contributed by atoms with Gasteiger partial charge in [-0.05, 0) is 42.5 Å². The van der Waals surface area contributed by atoms with Crippen molar-refractivity contribution in [2.75, 3.05) is 0 Å². The van der Waals surface area contributed by atoms with Crippen LogP contribution >= 0.6 is 24.8 Å². The maximum atomic E-state index is 12.4. The van der Waals surface area contributed by atoms with Crippen LogP contribution in [0, 0.1) is 0 Å². The number of hydrogen-bond donors (Lipinski definition) is 4. The van der Waals surface area contributed by atoms with Crippen molar-refractivity contribution in [2.45, 2.75) is 51.5 Å². The maximum Gasteiger partial charge on any atom is 0.407 e. The summed E-state index contributed by atoms with van der Waals surface area (Å²) in [6.07, 6.45) is 2.26. The number of nitrogens with two attached hydrogens (primary N) is 1. The fourth-order valence-corrected chi connectivity index (χ4v) is 3.43. The number of aryl methyl sites for hydroxylation is 1. The summed E-state index contributed by atoms with van der Waals surface area (Å²) in [6.45, 7) is 2.27. The first-order chi connectivity index (χ1) is 17.9. The first-order valence-corrected chi connectivity index (χ1v) is 12.2. The number of carbonyl (C=O) groups excluding carboxylic acids is 3. The fraction of sp³-hybridized carbons (Fsp3) is 0.286. The van der Waals surface area contributed by atoms with Crippen molar-refractivity contribution in [3.8, 4) is 0 Å².